The van der Waals surface area contributed by atoms with Crippen LogP contribution in [0.15, 0.2) is 16.5 Å². The molecule has 0 aliphatic rings. The molecule has 0 spiro atoms. The number of rotatable bonds is 1. The Morgan fingerprint density at radius 1 is 0.821 bits per heavy atom. The maximum absolute atomic E-state index is 11.2. The standard InChI is InChI=1S/C4H9O.C4H8.C3H6F2O.2C3H6O2.C3H6OS.C3H8.C2H4O2.C2H4O.2C2H6.CH5BO2.CH3F.CH4O.BHNS.K/c1-4(2,3)5;1-3-4-2;1-3(4,5)6-2;2*1-3(4)5-2;1-3(5)4-2;1-3-2;1-2(3)4;1-2-3;2*1-2;1-2(3)4;2*1-2;1-2-3;/h1-3H3;3-4H,1-2H3;1-2H3;3*1-2H3;3H2,1-2H3;1H3,(H,3,4);2H,1H3;2*1-2H3;3-4H,1H3;1H3;2H,1H3;3H;/q-1;;;;;;;;;;;;;;;+1/b;4-3+;;;;;;;;;;;;;;. The van der Waals surface area contributed by atoms with Gasteiger partial charge in [0.1, 0.15) is 6.29 Å². The van der Waals surface area contributed by atoms with Crippen molar-refractivity contribution in [2.75, 3.05) is 42.7 Å². The van der Waals surface area contributed by atoms with E-state index in [4.69, 9.17) is 29.9 Å². The Bertz CT molecular complexity index is 630. The summed E-state index contributed by atoms with van der Waals surface area (Å²) in [6.45, 7) is 30.1. The first-order chi connectivity index (χ1) is 25.0. The van der Waals surface area contributed by atoms with E-state index in [1.165, 1.54) is 48.2 Å². The van der Waals surface area contributed by atoms with Crippen molar-refractivity contribution >= 4 is 69.0 Å². The van der Waals surface area contributed by atoms with E-state index in [0.717, 1.165) is 27.4 Å². The molecule has 1 radical (unpaired) electrons. The number of esters is 2. The number of hydrogen-bond donors (Lipinski definition) is 5. The summed E-state index contributed by atoms with van der Waals surface area (Å²) in [6.07, 6.45) is 3.04. The molecule has 0 amide bonds. The predicted octanol–water partition coefficient (Wildman–Crippen LogP) is 4.55. The van der Waals surface area contributed by atoms with Crippen molar-refractivity contribution in [3.8, 4) is 0 Å². The number of carbonyl (C=O) groups is 4. The van der Waals surface area contributed by atoms with Gasteiger partial charge < -0.3 is 49.1 Å². The van der Waals surface area contributed by atoms with Crippen LogP contribution in [0.5, 0.6) is 0 Å². The van der Waals surface area contributed by atoms with Gasteiger partial charge in [-0.2, -0.15) is 8.78 Å². The first-order valence-corrected chi connectivity index (χ1v) is 17.0. The quantitative estimate of drug-likeness (QED) is 0.0609. The monoisotopic (exact) mass is 895 g/mol. The minimum Gasteiger partial charge on any atom is 1.00 e. The van der Waals surface area contributed by atoms with Gasteiger partial charge in [0.05, 0.1) is 28.5 Å². The molecule has 0 unspecified atom stereocenters. The smallest absolute Gasteiger partial charge is 1.00 e. The summed E-state index contributed by atoms with van der Waals surface area (Å²) in [4.78, 5) is 37.0. The molecular formula is C34H82B2F3KNO13S2. The molecule has 0 fully saturated rings. The van der Waals surface area contributed by atoms with Gasteiger partial charge in [0.25, 0.3) is 5.97 Å². The zero-order chi connectivity index (χ0) is 49.3. The van der Waals surface area contributed by atoms with Crippen LogP contribution < -0.4 is 56.5 Å². The average molecular weight is 895 g/mol. The number of aliphatic hydroxyl groups excluding tert-OH is 1. The molecule has 0 aliphatic heterocycles. The Kier molecular flexibility index (Phi) is 233. The first-order valence-electron chi connectivity index (χ1n) is 16.2. The van der Waals surface area contributed by atoms with Crippen molar-refractivity contribution in [3.63, 3.8) is 0 Å². The topological polar surface area (TPSA) is 222 Å². The van der Waals surface area contributed by atoms with E-state index in [1.54, 1.807) is 34.8 Å². The van der Waals surface area contributed by atoms with Crippen molar-refractivity contribution in [2.24, 2.45) is 4.30 Å². The number of aliphatic hydroxyl groups is 1. The number of hydrogen-bond acceptors (Lipinski definition) is 15. The van der Waals surface area contributed by atoms with E-state index in [9.17, 15) is 27.9 Å². The van der Waals surface area contributed by atoms with Crippen molar-refractivity contribution in [1.82, 2.24) is 0 Å². The Morgan fingerprint density at radius 2 is 0.893 bits per heavy atom. The van der Waals surface area contributed by atoms with Gasteiger partial charge in [0, 0.05) is 48.8 Å². The van der Waals surface area contributed by atoms with Crippen LogP contribution in [0.1, 0.15) is 124 Å². The van der Waals surface area contributed by atoms with Crippen molar-refractivity contribution in [3.05, 3.63) is 12.2 Å². The van der Waals surface area contributed by atoms with Crippen LogP contribution in [0.4, 0.5) is 13.2 Å². The number of carboxylic acids is 1. The summed E-state index contributed by atoms with van der Waals surface area (Å²) in [5, 5.41) is 40.3. The number of ether oxygens (including phenoxy) is 4. The molecular weight excluding hydrogens is 812 g/mol. The number of thiol groups is 1. The summed E-state index contributed by atoms with van der Waals surface area (Å²) in [5.41, 5.74) is -0.750. The van der Waals surface area contributed by atoms with Gasteiger partial charge >= 0.3 is 101 Å². The number of carbonyl (C=O) groups excluding carboxylic acids is 3. The molecule has 0 aromatic carbocycles. The van der Waals surface area contributed by atoms with Crippen LogP contribution in [0.2, 0.25) is 6.82 Å². The number of alkyl halides is 3. The van der Waals surface area contributed by atoms with Crippen LogP contribution in [-0.2, 0) is 38.1 Å². The zero-order valence-corrected chi connectivity index (χ0v) is 44.3. The molecule has 22 heteroatoms. The van der Waals surface area contributed by atoms with E-state index in [2.05, 4.69) is 69.8 Å². The summed E-state index contributed by atoms with van der Waals surface area (Å²) < 4.78 is 51.0. The fraction of sp³-hybridized carbons (Fsp3) is 0.794. The van der Waals surface area contributed by atoms with Gasteiger partial charge in [0.15, 0.2) is 5.05 Å². The largest absolute Gasteiger partial charge is 1.00 e. The minimum atomic E-state index is -2.96. The van der Waals surface area contributed by atoms with Crippen LogP contribution in [0, 0.1) is 0 Å². The molecule has 0 aromatic rings. The number of thiocarbonyl (C=S) groups is 1. The van der Waals surface area contributed by atoms with Gasteiger partial charge in [0.2, 0.25) is 0 Å². The van der Waals surface area contributed by atoms with Crippen molar-refractivity contribution < 1.29 is 128 Å². The third kappa shape index (κ3) is 1710. The second-order valence-electron chi connectivity index (χ2n) is 8.09. The van der Waals surface area contributed by atoms with Crippen molar-refractivity contribution in [2.45, 2.75) is 143 Å². The van der Waals surface area contributed by atoms with Crippen molar-refractivity contribution in [1.29, 1.82) is 0 Å². The molecule has 0 aromatic heterocycles. The Labute approximate surface area is 395 Å². The zero-order valence-electron chi connectivity index (χ0n) is 39.5. The Morgan fingerprint density at radius 3 is 0.893 bits per heavy atom. The number of nitrogens with zero attached hydrogens (tertiary/aromatic N) is 1. The second-order valence-corrected chi connectivity index (χ2v) is 8.89. The first kappa shape index (κ1) is 106. The maximum atomic E-state index is 11.2. The molecule has 0 heterocycles. The molecule has 0 saturated heterocycles. The molecule has 341 valence electrons. The predicted molar refractivity (Wildman–Crippen MR) is 231 cm³/mol. The van der Waals surface area contributed by atoms with Gasteiger partial charge in [-0.25, -0.2) is 0 Å². The summed E-state index contributed by atoms with van der Waals surface area (Å²) in [5.74, 6) is -1.32. The fourth-order valence-electron chi connectivity index (χ4n) is 0. The van der Waals surface area contributed by atoms with Crippen LogP contribution in [0.25, 0.3) is 0 Å². The molecule has 0 rings (SSSR count). The van der Waals surface area contributed by atoms with E-state index in [-0.39, 0.29) is 63.3 Å². The average Bonchev–Trinajstić information content (AvgIpc) is 3.08. The van der Waals surface area contributed by atoms with Crippen LogP contribution >= 0.6 is 25.0 Å². The normalized spacial score (nSPS) is 6.98. The Hall–Kier alpha value is -0.784. The van der Waals surface area contributed by atoms with Crippen LogP contribution in [0.3, 0.4) is 0 Å². The number of carboxylic acid groups (broad SMARTS) is 1. The third-order valence-electron chi connectivity index (χ3n) is 1.55. The van der Waals surface area contributed by atoms with Gasteiger partial charge in [-0.1, -0.05) is 80.9 Å². The minimum absolute atomic E-state index is 0. The summed E-state index contributed by atoms with van der Waals surface area (Å²) in [7, 11) is 9.89. The second kappa shape index (κ2) is 124. The van der Waals surface area contributed by atoms with E-state index >= 15 is 0 Å². The number of aliphatic carboxylic acids is 1. The van der Waals surface area contributed by atoms with E-state index in [0.29, 0.717) is 19.2 Å². The maximum Gasteiger partial charge on any atom is 1.00 e. The number of allylic oxidation sites excluding steroid dienone is 2. The molecule has 0 atom stereocenters. The third-order valence-corrected chi connectivity index (χ3v) is 1.72. The van der Waals surface area contributed by atoms with Crippen LogP contribution in [-0.4, -0.2) is 119 Å². The number of halogens is 3. The van der Waals surface area contributed by atoms with Gasteiger partial charge in [-0.3, -0.25) is 18.8 Å². The van der Waals surface area contributed by atoms with E-state index < -0.39 is 24.8 Å². The molecule has 0 bridgehead atoms. The molecule has 0 aliphatic carbocycles. The number of aldehydes is 1. The molecule has 14 nitrogen and oxygen atoms in total. The number of methoxy groups -OCH3 is 4. The van der Waals surface area contributed by atoms with Gasteiger partial charge in [-0.05, 0) is 39.8 Å². The SMILES string of the molecule is C/C=C/C.CB(O)O.CC.CC.CC(=O)O.CC(C)(C)[O-].CC=O.CCC.CF.CO.COC(C)(F)F.COC(C)=O.COC(C)=O.COC(C)=S.[B]=NS.[K+]. The summed E-state index contributed by atoms with van der Waals surface area (Å²) in [6, 6.07) is 0. The molecule has 56 heavy (non-hydrogen) atoms. The van der Waals surface area contributed by atoms with Gasteiger partial charge in [-0.15, -0.1) is 5.60 Å². The molecule has 4 N–H and O–H groups in total. The fourth-order valence-corrected chi connectivity index (χ4v) is 0. The molecule has 0 saturated carbocycles. The summed E-state index contributed by atoms with van der Waals surface area (Å²) >= 11 is 7.67. The Balaban J connectivity index is -0.0000000221. The van der Waals surface area contributed by atoms with E-state index in [1.807, 2.05) is 53.7 Å².